The van der Waals surface area contributed by atoms with Crippen molar-refractivity contribution in [3.8, 4) is 23.1 Å². The molecule has 0 bridgehead atoms. The lowest BCUT2D eigenvalue weighted by Crippen LogP contribution is -2.32. The van der Waals surface area contributed by atoms with Gasteiger partial charge in [-0.1, -0.05) is 20.8 Å². The van der Waals surface area contributed by atoms with E-state index in [1.54, 1.807) is 31.2 Å². The molecular weight excluding hydrogens is 526 g/mol. The van der Waals surface area contributed by atoms with Crippen LogP contribution >= 0.6 is 0 Å². The summed E-state index contributed by atoms with van der Waals surface area (Å²) in [7, 11) is -2.66. The first-order valence-electron chi connectivity index (χ1n) is 12.4. The molecule has 0 fully saturated rings. The van der Waals surface area contributed by atoms with Crippen LogP contribution in [0.1, 0.15) is 50.2 Å². The number of ether oxygens (including phenoxy) is 2. The van der Waals surface area contributed by atoms with E-state index in [4.69, 9.17) is 9.47 Å². The lowest BCUT2D eigenvalue weighted by Gasteiger charge is -2.15. The molecule has 0 saturated heterocycles. The van der Waals surface area contributed by atoms with Crippen LogP contribution in [-0.4, -0.2) is 48.7 Å². The molecule has 39 heavy (non-hydrogen) atoms. The second kappa shape index (κ2) is 12.3. The Morgan fingerprint density at radius 2 is 1.82 bits per heavy atom. The number of aromatic nitrogens is 2. The maximum atomic E-state index is 13.2. The number of sulfonamides is 1. The summed E-state index contributed by atoms with van der Waals surface area (Å²) in [6.07, 6.45) is 0.709. The average Bonchev–Trinajstić information content (AvgIpc) is 3.23. The Kier molecular flexibility index (Phi) is 9.30. The fourth-order valence-corrected chi connectivity index (χ4v) is 4.83. The van der Waals surface area contributed by atoms with Gasteiger partial charge < -0.3 is 14.8 Å². The highest BCUT2D eigenvalue weighted by Crippen LogP contribution is 2.36. The molecule has 0 aliphatic heterocycles. The molecule has 3 aromatic rings. The molecule has 1 aromatic heterocycles. The monoisotopic (exact) mass is 559 g/mol. The van der Waals surface area contributed by atoms with Crippen LogP contribution in [0.4, 0.5) is 5.69 Å². The minimum atomic E-state index is -4.20. The highest BCUT2D eigenvalue weighted by Gasteiger charge is 2.28. The number of nitro benzene ring substituents is 1. The number of hydrogen-bond acceptors (Lipinski definition) is 8. The van der Waals surface area contributed by atoms with E-state index in [9.17, 15) is 23.3 Å². The van der Waals surface area contributed by atoms with Crippen LogP contribution in [-0.2, 0) is 10.0 Å². The average molecular weight is 560 g/mol. The lowest BCUT2D eigenvalue weighted by molar-refractivity contribution is -0.385. The summed E-state index contributed by atoms with van der Waals surface area (Å²) in [5.41, 5.74) is 0.538. The van der Waals surface area contributed by atoms with Crippen molar-refractivity contribution >= 4 is 21.6 Å². The molecule has 0 aliphatic rings. The van der Waals surface area contributed by atoms with E-state index in [-0.39, 0.29) is 35.8 Å². The molecule has 1 amide bonds. The number of methoxy groups -OCH3 is 1. The first kappa shape index (κ1) is 29.6. The van der Waals surface area contributed by atoms with Gasteiger partial charge in [-0.25, -0.2) is 13.1 Å². The van der Waals surface area contributed by atoms with Crippen LogP contribution in [0, 0.1) is 23.0 Å². The zero-order valence-electron chi connectivity index (χ0n) is 22.7. The predicted octanol–water partition coefficient (Wildman–Crippen LogP) is 4.35. The van der Waals surface area contributed by atoms with E-state index < -0.39 is 31.4 Å². The van der Waals surface area contributed by atoms with Crippen molar-refractivity contribution in [3.63, 3.8) is 0 Å². The molecule has 2 N–H and O–H groups in total. The summed E-state index contributed by atoms with van der Waals surface area (Å²) >= 11 is 0. The Morgan fingerprint density at radius 1 is 1.15 bits per heavy atom. The summed E-state index contributed by atoms with van der Waals surface area (Å²) < 4.78 is 41.6. The number of carbonyl (C=O) groups excluding carboxylic acids is 1. The SMILES string of the molecule is CC[C@H](C)NC(=O)c1nn(-c2ccc(OC)cc2)c(Oc2ccc([N+](=O)[O-])cc2S(=O)(=O)NCC(C)C)c1C. The first-order valence-corrected chi connectivity index (χ1v) is 13.9. The molecule has 0 aliphatic carbocycles. The zero-order valence-corrected chi connectivity index (χ0v) is 23.5. The smallest absolute Gasteiger partial charge is 0.272 e. The quantitative estimate of drug-likeness (QED) is 0.245. The molecule has 13 heteroatoms. The molecule has 0 spiro atoms. The lowest BCUT2D eigenvalue weighted by atomic mass is 10.2. The maximum absolute atomic E-state index is 13.2. The first-order chi connectivity index (χ1) is 18.4. The Labute approximate surface area is 227 Å². The molecule has 210 valence electrons. The Hall–Kier alpha value is -3.97. The topological polar surface area (TPSA) is 155 Å². The van der Waals surface area contributed by atoms with Gasteiger partial charge in [0.25, 0.3) is 11.6 Å². The van der Waals surface area contributed by atoms with Crippen LogP contribution < -0.4 is 19.5 Å². The molecule has 0 unspecified atom stereocenters. The van der Waals surface area contributed by atoms with Crippen molar-refractivity contribution in [3.05, 3.63) is 63.8 Å². The van der Waals surface area contributed by atoms with Gasteiger partial charge in [0, 0.05) is 30.3 Å². The Bertz CT molecular complexity index is 1450. The number of nitrogens with zero attached hydrogens (tertiary/aromatic N) is 3. The summed E-state index contributed by atoms with van der Waals surface area (Å²) in [5, 5.41) is 18.8. The standard InChI is InChI=1S/C26H33N5O7S/c1-7-17(4)28-25(32)24-18(5)26(30(29-24)19-8-11-21(37-6)12-9-19)38-22-13-10-20(31(33)34)14-23(22)39(35,36)27-15-16(2)3/h8-14,16-17,27H,7,15H2,1-6H3,(H,28,32)/t17-/m0/s1. The largest absolute Gasteiger partial charge is 0.497 e. The molecule has 12 nitrogen and oxygen atoms in total. The molecular formula is C26H33N5O7S. The van der Waals surface area contributed by atoms with Crippen molar-refractivity contribution in [2.75, 3.05) is 13.7 Å². The number of rotatable bonds is 12. The van der Waals surface area contributed by atoms with Crippen LogP contribution in [0.25, 0.3) is 5.69 Å². The van der Waals surface area contributed by atoms with E-state index in [0.717, 1.165) is 12.1 Å². The molecule has 2 aromatic carbocycles. The molecule has 1 atom stereocenters. The Balaban J connectivity index is 2.18. The van der Waals surface area contributed by atoms with Gasteiger partial charge in [-0.2, -0.15) is 9.78 Å². The van der Waals surface area contributed by atoms with E-state index in [0.29, 0.717) is 23.4 Å². The third-order valence-electron chi connectivity index (χ3n) is 5.91. The van der Waals surface area contributed by atoms with Crippen LogP contribution in [0.5, 0.6) is 17.4 Å². The normalized spacial score (nSPS) is 12.3. The van der Waals surface area contributed by atoms with Crippen molar-refractivity contribution in [1.82, 2.24) is 19.8 Å². The van der Waals surface area contributed by atoms with Crippen LogP contribution in [0.2, 0.25) is 0 Å². The molecule has 0 radical (unpaired) electrons. The minimum absolute atomic E-state index is 0.00632. The van der Waals surface area contributed by atoms with E-state index in [1.807, 2.05) is 27.7 Å². The van der Waals surface area contributed by atoms with E-state index in [2.05, 4.69) is 15.1 Å². The fraction of sp³-hybridized carbons (Fsp3) is 0.385. The third-order valence-corrected chi connectivity index (χ3v) is 7.35. The van der Waals surface area contributed by atoms with Gasteiger partial charge in [-0.05, 0) is 56.5 Å². The summed E-state index contributed by atoms with van der Waals surface area (Å²) in [5.74, 6) is 0.0780. The fourth-order valence-electron chi connectivity index (χ4n) is 3.47. The molecule has 3 rings (SSSR count). The van der Waals surface area contributed by atoms with Gasteiger partial charge in [-0.15, -0.1) is 0 Å². The van der Waals surface area contributed by atoms with Crippen LogP contribution in [0.15, 0.2) is 47.4 Å². The number of hydrogen-bond donors (Lipinski definition) is 2. The van der Waals surface area contributed by atoms with E-state index in [1.165, 1.54) is 17.9 Å². The highest BCUT2D eigenvalue weighted by molar-refractivity contribution is 7.89. The van der Waals surface area contributed by atoms with Crippen molar-refractivity contribution in [1.29, 1.82) is 0 Å². The summed E-state index contributed by atoms with van der Waals surface area (Å²) in [4.78, 5) is 23.4. The van der Waals surface area contributed by atoms with Crippen LogP contribution in [0.3, 0.4) is 0 Å². The van der Waals surface area contributed by atoms with Gasteiger partial charge in [0.15, 0.2) is 5.69 Å². The zero-order chi connectivity index (χ0) is 28.9. The van der Waals surface area contributed by atoms with Crippen molar-refractivity contribution in [2.24, 2.45) is 5.92 Å². The van der Waals surface area contributed by atoms with Gasteiger partial charge in [0.1, 0.15) is 16.4 Å². The predicted molar refractivity (Wildman–Crippen MR) is 145 cm³/mol. The van der Waals surface area contributed by atoms with Gasteiger partial charge in [-0.3, -0.25) is 14.9 Å². The third kappa shape index (κ3) is 6.92. The second-order valence-corrected chi connectivity index (χ2v) is 11.1. The van der Waals surface area contributed by atoms with Crippen molar-refractivity contribution in [2.45, 2.75) is 52.0 Å². The number of nitro groups is 1. The number of amides is 1. The summed E-state index contributed by atoms with van der Waals surface area (Å²) in [6, 6.07) is 10.0. The summed E-state index contributed by atoms with van der Waals surface area (Å²) in [6.45, 7) is 9.21. The number of benzene rings is 2. The van der Waals surface area contributed by atoms with Gasteiger partial charge in [0.2, 0.25) is 15.9 Å². The minimum Gasteiger partial charge on any atom is -0.497 e. The number of carbonyl (C=O) groups is 1. The number of nitrogens with one attached hydrogen (secondary N) is 2. The highest BCUT2D eigenvalue weighted by atomic mass is 32.2. The van der Waals surface area contributed by atoms with Gasteiger partial charge >= 0.3 is 0 Å². The second-order valence-electron chi connectivity index (χ2n) is 9.41. The molecule has 0 saturated carbocycles. The van der Waals surface area contributed by atoms with E-state index >= 15 is 0 Å². The molecule has 1 heterocycles. The Morgan fingerprint density at radius 3 is 2.38 bits per heavy atom. The maximum Gasteiger partial charge on any atom is 0.272 e. The number of non-ortho nitro benzene ring substituents is 1. The van der Waals surface area contributed by atoms with Gasteiger partial charge in [0.05, 0.1) is 17.7 Å². The van der Waals surface area contributed by atoms with Crippen molar-refractivity contribution < 1.29 is 27.6 Å².